The van der Waals surface area contributed by atoms with E-state index in [1.807, 2.05) is 12.1 Å². The normalized spacial score (nSPS) is 10.2. The number of nitrogens with two attached hydrogens (primary N) is 1. The first-order chi connectivity index (χ1) is 6.29. The summed E-state index contributed by atoms with van der Waals surface area (Å²) in [5.74, 6) is 0.589. The molecule has 0 spiro atoms. The van der Waals surface area contributed by atoms with E-state index in [2.05, 4.69) is 26.0 Å². The average Bonchev–Trinajstić information content (AvgIpc) is 2.49. The quantitative estimate of drug-likeness (QED) is 0.822. The summed E-state index contributed by atoms with van der Waals surface area (Å²) in [6.45, 7) is 0. The minimum atomic E-state index is 0.589. The first-order valence-electron chi connectivity index (χ1n) is 3.68. The Morgan fingerprint density at radius 2 is 2.00 bits per heavy atom. The van der Waals surface area contributed by atoms with Crippen LogP contribution >= 0.6 is 15.9 Å². The van der Waals surface area contributed by atoms with Crippen molar-refractivity contribution in [1.82, 2.24) is 14.8 Å². The van der Waals surface area contributed by atoms with Crippen molar-refractivity contribution in [1.29, 1.82) is 0 Å². The molecule has 0 saturated carbocycles. The predicted octanol–water partition coefficient (Wildman–Crippen LogP) is 1.61. The molecule has 13 heavy (non-hydrogen) atoms. The third-order valence-corrected chi connectivity index (χ3v) is 2.28. The molecule has 0 saturated heterocycles. The van der Waals surface area contributed by atoms with E-state index in [4.69, 9.17) is 5.73 Å². The number of hydrogen-bond acceptors (Lipinski definition) is 3. The highest BCUT2D eigenvalue weighted by molar-refractivity contribution is 9.10. The summed E-state index contributed by atoms with van der Waals surface area (Å²) in [4.78, 5) is 3.91. The number of pyridine rings is 1. The molecule has 0 amide bonds. The number of nitrogen functional groups attached to an aromatic ring is 1. The highest BCUT2D eigenvalue weighted by Crippen LogP contribution is 2.20. The summed E-state index contributed by atoms with van der Waals surface area (Å²) >= 11 is 3.29. The Kier molecular flexibility index (Phi) is 2.02. The van der Waals surface area contributed by atoms with Gasteiger partial charge in [-0.15, -0.1) is 0 Å². The van der Waals surface area contributed by atoms with Gasteiger partial charge in [-0.3, -0.25) is 4.98 Å². The topological polar surface area (TPSA) is 56.7 Å². The van der Waals surface area contributed by atoms with E-state index in [1.54, 1.807) is 23.3 Å². The second-order valence-corrected chi connectivity index (χ2v) is 3.35. The van der Waals surface area contributed by atoms with Gasteiger partial charge in [0.15, 0.2) is 0 Å². The summed E-state index contributed by atoms with van der Waals surface area (Å²) in [6, 6.07) is 3.69. The van der Waals surface area contributed by atoms with Crippen LogP contribution in [0, 0.1) is 0 Å². The Morgan fingerprint density at radius 1 is 1.31 bits per heavy atom. The van der Waals surface area contributed by atoms with Gasteiger partial charge in [-0.25, -0.2) is 4.68 Å². The van der Waals surface area contributed by atoms with Crippen LogP contribution in [-0.4, -0.2) is 14.8 Å². The first-order valence-corrected chi connectivity index (χ1v) is 4.48. The largest absolute Gasteiger partial charge is 0.383 e. The zero-order chi connectivity index (χ0) is 9.26. The molecule has 2 N–H and O–H groups in total. The average molecular weight is 239 g/mol. The number of aromatic nitrogens is 3. The molecule has 2 rings (SSSR count). The maximum absolute atomic E-state index is 5.77. The second-order valence-electron chi connectivity index (χ2n) is 2.49. The smallest absolute Gasteiger partial charge is 0.141 e. The van der Waals surface area contributed by atoms with Gasteiger partial charge in [-0.05, 0) is 28.1 Å². The van der Waals surface area contributed by atoms with Gasteiger partial charge < -0.3 is 5.73 Å². The van der Waals surface area contributed by atoms with Crippen LogP contribution in [0.1, 0.15) is 0 Å². The first kappa shape index (κ1) is 8.25. The van der Waals surface area contributed by atoms with Crippen molar-refractivity contribution in [2.24, 2.45) is 0 Å². The number of nitrogens with zero attached hydrogens (tertiary/aromatic N) is 3. The van der Waals surface area contributed by atoms with E-state index in [0.29, 0.717) is 5.82 Å². The van der Waals surface area contributed by atoms with E-state index < -0.39 is 0 Å². The zero-order valence-corrected chi connectivity index (χ0v) is 8.27. The Hall–Kier alpha value is -1.36. The highest BCUT2D eigenvalue weighted by Gasteiger charge is 2.05. The van der Waals surface area contributed by atoms with Crippen LogP contribution in [0.3, 0.4) is 0 Å². The van der Waals surface area contributed by atoms with Crippen LogP contribution in [0.25, 0.3) is 5.69 Å². The van der Waals surface area contributed by atoms with Crippen LogP contribution in [0.5, 0.6) is 0 Å². The molecule has 0 radical (unpaired) electrons. The van der Waals surface area contributed by atoms with E-state index in [0.717, 1.165) is 10.2 Å². The fourth-order valence-electron chi connectivity index (χ4n) is 1.03. The standard InChI is InChI=1S/C8H7BrN4/c9-7-5-12-13(8(7)10)6-1-3-11-4-2-6/h1-5H,10H2. The lowest BCUT2D eigenvalue weighted by Gasteiger charge is -2.02. The third kappa shape index (κ3) is 1.42. The Morgan fingerprint density at radius 3 is 2.54 bits per heavy atom. The fourth-order valence-corrected chi connectivity index (χ4v) is 1.29. The summed E-state index contributed by atoms with van der Waals surface area (Å²) in [5.41, 5.74) is 6.67. The monoisotopic (exact) mass is 238 g/mol. The van der Waals surface area contributed by atoms with Crippen molar-refractivity contribution in [3.05, 3.63) is 35.2 Å². The zero-order valence-electron chi connectivity index (χ0n) is 6.68. The molecule has 0 fully saturated rings. The molecule has 0 aliphatic heterocycles. The molecule has 0 bridgehead atoms. The summed E-state index contributed by atoms with van der Waals surface area (Å²) in [6.07, 6.45) is 5.06. The third-order valence-electron chi connectivity index (χ3n) is 1.67. The van der Waals surface area contributed by atoms with E-state index >= 15 is 0 Å². The van der Waals surface area contributed by atoms with Gasteiger partial charge in [0.1, 0.15) is 5.82 Å². The molecule has 0 atom stereocenters. The van der Waals surface area contributed by atoms with E-state index in [9.17, 15) is 0 Å². The van der Waals surface area contributed by atoms with Crippen LogP contribution < -0.4 is 5.73 Å². The van der Waals surface area contributed by atoms with Gasteiger partial charge in [0.25, 0.3) is 0 Å². The van der Waals surface area contributed by atoms with Crippen molar-refractivity contribution in [3.63, 3.8) is 0 Å². The molecule has 0 unspecified atom stereocenters. The molecular formula is C8H7BrN4. The molecular weight excluding hydrogens is 232 g/mol. The molecule has 66 valence electrons. The SMILES string of the molecule is Nc1c(Br)cnn1-c1ccncc1. The van der Waals surface area contributed by atoms with Gasteiger partial charge in [0.2, 0.25) is 0 Å². The number of halogens is 1. The Labute approximate surface area is 83.5 Å². The van der Waals surface area contributed by atoms with Crippen LogP contribution in [0.2, 0.25) is 0 Å². The fraction of sp³-hybridized carbons (Fsp3) is 0. The highest BCUT2D eigenvalue weighted by atomic mass is 79.9. The minimum absolute atomic E-state index is 0.589. The summed E-state index contributed by atoms with van der Waals surface area (Å²) < 4.78 is 2.44. The number of hydrogen-bond donors (Lipinski definition) is 1. The lowest BCUT2D eigenvalue weighted by molar-refractivity contribution is 0.888. The van der Waals surface area contributed by atoms with Gasteiger partial charge in [-0.1, -0.05) is 0 Å². The molecule has 2 aromatic heterocycles. The van der Waals surface area contributed by atoms with E-state index in [-0.39, 0.29) is 0 Å². The van der Waals surface area contributed by atoms with Crippen LogP contribution in [0.15, 0.2) is 35.2 Å². The molecule has 2 aromatic rings. The Balaban J connectivity index is 2.53. The van der Waals surface area contributed by atoms with Gasteiger partial charge in [0.05, 0.1) is 16.4 Å². The second kappa shape index (κ2) is 3.18. The lowest BCUT2D eigenvalue weighted by atomic mass is 10.4. The van der Waals surface area contributed by atoms with Gasteiger partial charge in [-0.2, -0.15) is 5.10 Å². The number of rotatable bonds is 1. The molecule has 2 heterocycles. The van der Waals surface area contributed by atoms with Crippen molar-refractivity contribution in [2.75, 3.05) is 5.73 Å². The maximum atomic E-state index is 5.77. The summed E-state index contributed by atoms with van der Waals surface area (Å²) in [7, 11) is 0. The molecule has 0 aromatic carbocycles. The molecule has 0 aliphatic rings. The Bertz CT molecular complexity index is 409. The molecule has 4 nitrogen and oxygen atoms in total. The predicted molar refractivity (Wildman–Crippen MR) is 53.5 cm³/mol. The van der Waals surface area contributed by atoms with Crippen molar-refractivity contribution in [2.45, 2.75) is 0 Å². The van der Waals surface area contributed by atoms with Crippen LogP contribution in [-0.2, 0) is 0 Å². The van der Waals surface area contributed by atoms with Crippen LogP contribution in [0.4, 0.5) is 5.82 Å². The van der Waals surface area contributed by atoms with Crippen molar-refractivity contribution < 1.29 is 0 Å². The molecule has 0 aliphatic carbocycles. The van der Waals surface area contributed by atoms with Crippen molar-refractivity contribution >= 4 is 21.7 Å². The van der Waals surface area contributed by atoms with Gasteiger partial charge in [0, 0.05) is 12.4 Å². The summed E-state index contributed by atoms with van der Waals surface area (Å²) in [5, 5.41) is 4.10. The maximum Gasteiger partial charge on any atom is 0.141 e. The minimum Gasteiger partial charge on any atom is -0.383 e. The van der Waals surface area contributed by atoms with E-state index in [1.165, 1.54) is 0 Å². The van der Waals surface area contributed by atoms with Gasteiger partial charge >= 0.3 is 0 Å². The molecule has 5 heteroatoms. The van der Waals surface area contributed by atoms with Crippen molar-refractivity contribution in [3.8, 4) is 5.69 Å². The number of anilines is 1. The lowest BCUT2D eigenvalue weighted by Crippen LogP contribution is -2.01.